The van der Waals surface area contributed by atoms with Crippen LogP contribution >= 0.6 is 0 Å². The number of hydrogen-bond donors (Lipinski definition) is 1. The van der Waals surface area contributed by atoms with Gasteiger partial charge in [0.05, 0.1) is 6.04 Å². The molecule has 0 aromatic heterocycles. The average Bonchev–Trinajstić information content (AvgIpc) is 3.28. The van der Waals surface area contributed by atoms with E-state index in [-0.39, 0.29) is 11.6 Å². The molecule has 172 valence electrons. The smallest absolute Gasteiger partial charge is 0.239 e. The number of aliphatic imine (C=N–C) groups is 1. The SMILES string of the molecule is CN=C(NCC1(N(C)C)CCCC(C)C1)N1CCN(C(C)C(=O)N2CCCC2)CC1. The highest BCUT2D eigenvalue weighted by Crippen LogP contribution is 2.35. The molecule has 30 heavy (non-hydrogen) atoms. The van der Waals surface area contributed by atoms with E-state index >= 15 is 0 Å². The lowest BCUT2D eigenvalue weighted by molar-refractivity contribution is -0.135. The molecule has 1 amide bonds. The molecule has 0 radical (unpaired) electrons. The minimum atomic E-state index is -0.0130. The summed E-state index contributed by atoms with van der Waals surface area (Å²) in [7, 11) is 6.33. The number of piperazine rings is 1. The van der Waals surface area contributed by atoms with Gasteiger partial charge in [0.25, 0.3) is 0 Å². The number of hydrogen-bond acceptors (Lipinski definition) is 4. The second-order valence-corrected chi connectivity index (χ2v) is 9.95. The van der Waals surface area contributed by atoms with Crippen molar-refractivity contribution in [3.05, 3.63) is 0 Å². The Labute approximate surface area is 183 Å². The quantitative estimate of drug-likeness (QED) is 0.542. The van der Waals surface area contributed by atoms with Crippen molar-refractivity contribution in [2.75, 3.05) is 67.0 Å². The Balaban J connectivity index is 1.51. The molecule has 1 aliphatic carbocycles. The van der Waals surface area contributed by atoms with Gasteiger partial charge in [-0.1, -0.05) is 19.8 Å². The number of nitrogens with one attached hydrogen (secondary N) is 1. The van der Waals surface area contributed by atoms with Gasteiger partial charge in [0.1, 0.15) is 0 Å². The second-order valence-electron chi connectivity index (χ2n) is 9.95. The standard InChI is InChI=1S/C23H44N6O/c1-19-9-8-10-23(17-19,26(4)5)18-25-22(24-3)29-15-13-27(14-16-29)20(2)21(30)28-11-6-7-12-28/h19-20H,6-18H2,1-5H3,(H,24,25). The van der Waals surface area contributed by atoms with Crippen LogP contribution in [-0.2, 0) is 4.79 Å². The van der Waals surface area contributed by atoms with E-state index in [0.29, 0.717) is 5.91 Å². The Kier molecular flexibility index (Phi) is 8.02. The van der Waals surface area contributed by atoms with E-state index in [1.165, 1.54) is 25.7 Å². The molecule has 0 bridgehead atoms. The molecule has 2 aliphatic heterocycles. The molecule has 7 heteroatoms. The van der Waals surface area contributed by atoms with Gasteiger partial charge in [-0.2, -0.15) is 0 Å². The molecule has 3 fully saturated rings. The number of likely N-dealkylation sites (N-methyl/N-ethyl adjacent to an activating group) is 1. The number of carbonyl (C=O) groups is 1. The van der Waals surface area contributed by atoms with E-state index in [1.807, 2.05) is 11.9 Å². The molecule has 3 aliphatic rings. The fourth-order valence-corrected chi connectivity index (χ4v) is 5.61. The molecule has 2 saturated heterocycles. The molecule has 3 unspecified atom stereocenters. The van der Waals surface area contributed by atoms with Gasteiger partial charge in [0.15, 0.2) is 5.96 Å². The maximum atomic E-state index is 12.7. The highest BCUT2D eigenvalue weighted by Gasteiger charge is 2.37. The van der Waals surface area contributed by atoms with Gasteiger partial charge >= 0.3 is 0 Å². The number of nitrogens with zero attached hydrogens (tertiary/aromatic N) is 5. The van der Waals surface area contributed by atoms with Gasteiger partial charge < -0.3 is 20.0 Å². The van der Waals surface area contributed by atoms with Crippen molar-refractivity contribution >= 4 is 11.9 Å². The molecular weight excluding hydrogens is 376 g/mol. The largest absolute Gasteiger partial charge is 0.354 e. The normalized spacial score (nSPS) is 30.1. The van der Waals surface area contributed by atoms with Crippen LogP contribution in [-0.4, -0.2) is 110 Å². The number of carbonyl (C=O) groups excluding carboxylic acids is 1. The van der Waals surface area contributed by atoms with Gasteiger partial charge in [0, 0.05) is 58.4 Å². The number of likely N-dealkylation sites (tertiary alicyclic amines) is 1. The Bertz CT molecular complexity index is 595. The zero-order chi connectivity index (χ0) is 21.7. The molecule has 3 atom stereocenters. The van der Waals surface area contributed by atoms with E-state index in [0.717, 1.165) is 70.5 Å². The number of rotatable bonds is 5. The summed E-state index contributed by atoms with van der Waals surface area (Å²) in [5.74, 6) is 2.10. The molecule has 0 aromatic rings. The van der Waals surface area contributed by atoms with Crippen molar-refractivity contribution in [3.8, 4) is 0 Å². The average molecular weight is 421 g/mol. The minimum absolute atomic E-state index is 0.0130. The van der Waals surface area contributed by atoms with Crippen LogP contribution in [0.5, 0.6) is 0 Å². The minimum Gasteiger partial charge on any atom is -0.354 e. The van der Waals surface area contributed by atoms with Crippen LogP contribution < -0.4 is 5.32 Å². The third-order valence-electron chi connectivity index (χ3n) is 7.74. The molecule has 7 nitrogen and oxygen atoms in total. The Hall–Kier alpha value is -1.34. The molecule has 0 spiro atoms. The van der Waals surface area contributed by atoms with Crippen molar-refractivity contribution in [1.29, 1.82) is 0 Å². The third-order valence-corrected chi connectivity index (χ3v) is 7.74. The van der Waals surface area contributed by atoms with E-state index in [1.54, 1.807) is 0 Å². The van der Waals surface area contributed by atoms with Crippen LogP contribution in [0.25, 0.3) is 0 Å². The molecule has 0 aromatic carbocycles. The second kappa shape index (κ2) is 10.3. The van der Waals surface area contributed by atoms with Crippen LogP contribution in [0.4, 0.5) is 0 Å². The van der Waals surface area contributed by atoms with Crippen molar-refractivity contribution in [2.24, 2.45) is 10.9 Å². The highest BCUT2D eigenvalue weighted by atomic mass is 16.2. The van der Waals surface area contributed by atoms with Gasteiger partial charge in [-0.15, -0.1) is 0 Å². The van der Waals surface area contributed by atoms with Gasteiger partial charge in [-0.25, -0.2) is 0 Å². The lowest BCUT2D eigenvalue weighted by atomic mass is 9.75. The zero-order valence-corrected chi connectivity index (χ0v) is 20.0. The molecular formula is C23H44N6O. The van der Waals surface area contributed by atoms with E-state index in [9.17, 15) is 4.79 Å². The number of guanidine groups is 1. The summed E-state index contributed by atoms with van der Waals surface area (Å²) < 4.78 is 0. The molecule has 1 N–H and O–H groups in total. The van der Waals surface area contributed by atoms with Gasteiger partial charge in [0.2, 0.25) is 5.91 Å². The van der Waals surface area contributed by atoms with Crippen molar-refractivity contribution in [3.63, 3.8) is 0 Å². The van der Waals surface area contributed by atoms with Crippen LogP contribution in [0, 0.1) is 5.92 Å². The summed E-state index contributed by atoms with van der Waals surface area (Å²) in [5, 5.41) is 3.70. The highest BCUT2D eigenvalue weighted by molar-refractivity contribution is 5.82. The van der Waals surface area contributed by atoms with E-state index < -0.39 is 0 Å². The monoisotopic (exact) mass is 420 g/mol. The summed E-state index contributed by atoms with van der Waals surface area (Å²) in [6.45, 7) is 10.9. The van der Waals surface area contributed by atoms with Crippen LogP contribution in [0.15, 0.2) is 4.99 Å². The fourth-order valence-electron chi connectivity index (χ4n) is 5.61. The van der Waals surface area contributed by atoms with Crippen LogP contribution in [0.2, 0.25) is 0 Å². The summed E-state index contributed by atoms with van der Waals surface area (Å²) >= 11 is 0. The first-order chi connectivity index (χ1) is 14.4. The van der Waals surface area contributed by atoms with Crippen molar-refractivity contribution in [1.82, 2.24) is 24.9 Å². The lowest BCUT2D eigenvalue weighted by Crippen LogP contribution is -2.60. The maximum absolute atomic E-state index is 12.7. The predicted molar refractivity (Wildman–Crippen MR) is 124 cm³/mol. The first-order valence-corrected chi connectivity index (χ1v) is 12.0. The molecule has 3 rings (SSSR count). The maximum Gasteiger partial charge on any atom is 0.239 e. The first kappa shape index (κ1) is 23.3. The van der Waals surface area contributed by atoms with Crippen LogP contribution in [0.1, 0.15) is 52.4 Å². The van der Waals surface area contributed by atoms with Gasteiger partial charge in [-0.05, 0) is 52.6 Å². The van der Waals surface area contributed by atoms with Crippen molar-refractivity contribution in [2.45, 2.75) is 64.0 Å². The number of amides is 1. The predicted octanol–water partition coefficient (Wildman–Crippen LogP) is 1.70. The summed E-state index contributed by atoms with van der Waals surface area (Å²) in [5.41, 5.74) is 0.214. The Morgan fingerprint density at radius 2 is 1.77 bits per heavy atom. The Morgan fingerprint density at radius 3 is 2.33 bits per heavy atom. The van der Waals surface area contributed by atoms with Crippen LogP contribution in [0.3, 0.4) is 0 Å². The summed E-state index contributed by atoms with van der Waals surface area (Å²) in [4.78, 5) is 26.5. The first-order valence-electron chi connectivity index (χ1n) is 12.0. The Morgan fingerprint density at radius 1 is 1.10 bits per heavy atom. The summed E-state index contributed by atoms with van der Waals surface area (Å²) in [6, 6.07) is -0.0130. The molecule has 1 saturated carbocycles. The third kappa shape index (κ3) is 5.28. The summed E-state index contributed by atoms with van der Waals surface area (Å²) in [6.07, 6.45) is 7.46. The fraction of sp³-hybridized carbons (Fsp3) is 0.913. The van der Waals surface area contributed by atoms with Crippen molar-refractivity contribution < 1.29 is 4.79 Å². The zero-order valence-electron chi connectivity index (χ0n) is 20.0. The van der Waals surface area contributed by atoms with Gasteiger partial charge in [-0.3, -0.25) is 14.7 Å². The topological polar surface area (TPSA) is 54.4 Å². The van der Waals surface area contributed by atoms with E-state index in [4.69, 9.17) is 0 Å². The molecule has 2 heterocycles. The van der Waals surface area contributed by atoms with E-state index in [2.05, 4.69) is 53.0 Å². The lowest BCUT2D eigenvalue weighted by Gasteiger charge is -2.46.